The van der Waals surface area contributed by atoms with Crippen molar-refractivity contribution in [2.45, 2.75) is 10.9 Å². The number of benzene rings is 2. The summed E-state index contributed by atoms with van der Waals surface area (Å²) in [5, 5.41) is 0.804. The van der Waals surface area contributed by atoms with Crippen LogP contribution < -0.4 is 9.46 Å². The van der Waals surface area contributed by atoms with Crippen LogP contribution in [0.15, 0.2) is 47.4 Å². The lowest BCUT2D eigenvalue weighted by molar-refractivity contribution is 0.363. The predicted octanol–water partition coefficient (Wildman–Crippen LogP) is 3.58. The van der Waals surface area contributed by atoms with Crippen LogP contribution in [0.3, 0.4) is 0 Å². The van der Waals surface area contributed by atoms with Crippen LogP contribution in [0, 0.1) is 0 Å². The van der Waals surface area contributed by atoms with E-state index in [2.05, 4.69) is 4.72 Å². The van der Waals surface area contributed by atoms with E-state index in [0.29, 0.717) is 22.3 Å². The largest absolute Gasteiger partial charge is 0.497 e. The summed E-state index contributed by atoms with van der Waals surface area (Å²) >= 11 is 12.0. The normalized spacial score (nSPS) is 13.0. The van der Waals surface area contributed by atoms with E-state index >= 15 is 0 Å². The van der Waals surface area contributed by atoms with Crippen LogP contribution in [0.5, 0.6) is 5.75 Å². The Morgan fingerprint density at radius 1 is 1.08 bits per heavy atom. The van der Waals surface area contributed by atoms with Crippen LogP contribution in [0.4, 0.5) is 0 Å². The van der Waals surface area contributed by atoms with Gasteiger partial charge in [0.2, 0.25) is 10.0 Å². The predicted molar refractivity (Wildman–Crippen MR) is 101 cm³/mol. The first kappa shape index (κ1) is 20.0. The van der Waals surface area contributed by atoms with Crippen molar-refractivity contribution in [1.82, 2.24) is 9.62 Å². The monoisotopic (exact) mass is 402 g/mol. The third kappa shape index (κ3) is 5.33. The minimum Gasteiger partial charge on any atom is -0.497 e. The van der Waals surface area contributed by atoms with E-state index in [-0.39, 0.29) is 4.90 Å². The van der Waals surface area contributed by atoms with E-state index in [9.17, 15) is 8.42 Å². The molecule has 0 bridgehead atoms. The summed E-state index contributed by atoms with van der Waals surface area (Å²) in [6, 6.07) is 10.8. The lowest BCUT2D eigenvalue weighted by Crippen LogP contribution is -2.35. The second-order valence-electron chi connectivity index (χ2n) is 5.79. The molecule has 0 saturated carbocycles. The van der Waals surface area contributed by atoms with Crippen molar-refractivity contribution in [3.63, 3.8) is 0 Å². The summed E-state index contributed by atoms with van der Waals surface area (Å²) in [4.78, 5) is 2.06. The highest BCUT2D eigenvalue weighted by molar-refractivity contribution is 7.89. The summed E-state index contributed by atoms with van der Waals surface area (Å²) in [5.74, 6) is 0.591. The molecule has 25 heavy (non-hydrogen) atoms. The Balaban J connectivity index is 2.32. The van der Waals surface area contributed by atoms with Gasteiger partial charge in [0.1, 0.15) is 5.75 Å². The van der Waals surface area contributed by atoms with Crippen LogP contribution in [0.1, 0.15) is 11.6 Å². The van der Waals surface area contributed by atoms with Crippen LogP contribution in [0.2, 0.25) is 10.0 Å². The molecule has 1 unspecified atom stereocenters. The summed E-state index contributed by atoms with van der Waals surface area (Å²) in [6.45, 7) is 0.466. The Morgan fingerprint density at radius 2 is 1.72 bits per heavy atom. The van der Waals surface area contributed by atoms with Gasteiger partial charge in [-0.25, -0.2) is 13.1 Å². The van der Waals surface area contributed by atoms with Crippen LogP contribution in [0.25, 0.3) is 0 Å². The summed E-state index contributed by atoms with van der Waals surface area (Å²) in [6.07, 6.45) is 0. The standard InChI is InChI=1S/C17H20Cl2N2O3S/c1-21(2)11-17(12-4-9-15(18)16(19)10-12)20-25(22,23)14-7-5-13(24-3)6-8-14/h4-10,17,20H,11H2,1-3H3. The lowest BCUT2D eigenvalue weighted by atomic mass is 10.1. The third-order valence-electron chi connectivity index (χ3n) is 3.56. The fourth-order valence-corrected chi connectivity index (χ4v) is 3.84. The summed E-state index contributed by atoms with van der Waals surface area (Å²) in [7, 11) is 1.55. The van der Waals surface area contributed by atoms with Crippen molar-refractivity contribution in [3.05, 3.63) is 58.1 Å². The molecule has 8 heteroatoms. The van der Waals surface area contributed by atoms with Crippen molar-refractivity contribution in [2.24, 2.45) is 0 Å². The van der Waals surface area contributed by atoms with E-state index in [1.165, 1.54) is 19.2 Å². The van der Waals surface area contributed by atoms with E-state index in [0.717, 1.165) is 5.56 Å². The molecule has 0 aromatic heterocycles. The van der Waals surface area contributed by atoms with Crippen molar-refractivity contribution in [3.8, 4) is 5.75 Å². The highest BCUT2D eigenvalue weighted by atomic mass is 35.5. The molecule has 0 heterocycles. The van der Waals surface area contributed by atoms with Crippen LogP contribution >= 0.6 is 23.2 Å². The molecular formula is C17H20Cl2N2O3S. The zero-order valence-corrected chi connectivity index (χ0v) is 16.5. The number of hydrogen-bond acceptors (Lipinski definition) is 4. The Morgan fingerprint density at radius 3 is 2.24 bits per heavy atom. The summed E-state index contributed by atoms with van der Waals surface area (Å²) < 4.78 is 33.2. The molecule has 0 spiro atoms. The molecule has 0 aliphatic heterocycles. The molecule has 136 valence electrons. The molecule has 0 amide bonds. The fraction of sp³-hybridized carbons (Fsp3) is 0.294. The van der Waals surface area contributed by atoms with Gasteiger partial charge in [0, 0.05) is 6.54 Å². The topological polar surface area (TPSA) is 58.6 Å². The molecule has 0 aliphatic carbocycles. The van der Waals surface area contributed by atoms with Gasteiger partial charge in [0.05, 0.1) is 28.1 Å². The van der Waals surface area contributed by atoms with Gasteiger partial charge in [-0.05, 0) is 56.1 Å². The van der Waals surface area contributed by atoms with Crippen molar-refractivity contribution in [2.75, 3.05) is 27.7 Å². The maximum atomic E-state index is 12.7. The zero-order valence-electron chi connectivity index (χ0n) is 14.2. The first-order chi connectivity index (χ1) is 11.7. The van der Waals surface area contributed by atoms with Crippen molar-refractivity contribution < 1.29 is 13.2 Å². The number of hydrogen-bond donors (Lipinski definition) is 1. The van der Waals surface area contributed by atoms with Gasteiger partial charge in [-0.2, -0.15) is 0 Å². The molecule has 0 aliphatic rings. The lowest BCUT2D eigenvalue weighted by Gasteiger charge is -2.23. The molecule has 2 aromatic rings. The average Bonchev–Trinajstić information content (AvgIpc) is 2.56. The molecule has 0 fully saturated rings. The third-order valence-corrected chi connectivity index (χ3v) is 5.79. The highest BCUT2D eigenvalue weighted by Gasteiger charge is 2.22. The number of methoxy groups -OCH3 is 1. The van der Waals surface area contributed by atoms with E-state index in [1.54, 1.807) is 30.3 Å². The number of rotatable bonds is 7. The molecule has 5 nitrogen and oxygen atoms in total. The zero-order chi connectivity index (χ0) is 18.6. The van der Waals surface area contributed by atoms with E-state index in [1.807, 2.05) is 19.0 Å². The Hall–Kier alpha value is -1.31. The fourth-order valence-electron chi connectivity index (χ4n) is 2.32. The Labute approximate surface area is 158 Å². The quantitative estimate of drug-likeness (QED) is 0.768. The molecule has 1 N–H and O–H groups in total. The highest BCUT2D eigenvalue weighted by Crippen LogP contribution is 2.27. The minimum absolute atomic E-state index is 0.164. The molecule has 2 rings (SSSR count). The number of nitrogens with zero attached hydrogens (tertiary/aromatic N) is 1. The maximum absolute atomic E-state index is 12.7. The van der Waals surface area contributed by atoms with Gasteiger partial charge in [-0.3, -0.25) is 0 Å². The van der Waals surface area contributed by atoms with Gasteiger partial charge >= 0.3 is 0 Å². The van der Waals surface area contributed by atoms with Gasteiger partial charge in [-0.1, -0.05) is 29.3 Å². The molecule has 0 saturated heterocycles. The number of ether oxygens (including phenoxy) is 1. The number of halogens is 2. The van der Waals surface area contributed by atoms with Gasteiger partial charge in [-0.15, -0.1) is 0 Å². The maximum Gasteiger partial charge on any atom is 0.241 e. The number of sulfonamides is 1. The molecule has 2 aromatic carbocycles. The van der Waals surface area contributed by atoms with E-state index < -0.39 is 16.1 Å². The Bertz CT molecular complexity index is 824. The minimum atomic E-state index is -3.71. The average molecular weight is 403 g/mol. The first-order valence-corrected chi connectivity index (χ1v) is 9.73. The number of nitrogens with one attached hydrogen (secondary N) is 1. The molecule has 0 radical (unpaired) electrons. The van der Waals surface area contributed by atoms with Crippen molar-refractivity contribution in [1.29, 1.82) is 0 Å². The van der Waals surface area contributed by atoms with E-state index in [4.69, 9.17) is 27.9 Å². The molecular weight excluding hydrogens is 383 g/mol. The van der Waals surface area contributed by atoms with Gasteiger partial charge < -0.3 is 9.64 Å². The number of likely N-dealkylation sites (N-methyl/N-ethyl adjacent to an activating group) is 1. The van der Waals surface area contributed by atoms with Gasteiger partial charge in [0.25, 0.3) is 0 Å². The van der Waals surface area contributed by atoms with Crippen LogP contribution in [-0.2, 0) is 10.0 Å². The SMILES string of the molecule is COc1ccc(S(=O)(=O)NC(CN(C)C)c2ccc(Cl)c(Cl)c2)cc1. The Kier molecular flexibility index (Phi) is 6.71. The van der Waals surface area contributed by atoms with Crippen LogP contribution in [-0.4, -0.2) is 41.1 Å². The summed E-state index contributed by atoms with van der Waals surface area (Å²) in [5.41, 5.74) is 0.736. The van der Waals surface area contributed by atoms with Crippen molar-refractivity contribution >= 4 is 33.2 Å². The van der Waals surface area contributed by atoms with Gasteiger partial charge in [0.15, 0.2) is 0 Å². The second kappa shape index (κ2) is 8.38. The smallest absolute Gasteiger partial charge is 0.241 e. The molecule has 1 atom stereocenters. The second-order valence-corrected chi connectivity index (χ2v) is 8.31. The first-order valence-electron chi connectivity index (χ1n) is 7.49.